The minimum absolute atomic E-state index is 0.0934. The maximum atomic E-state index is 13.0. The van der Waals surface area contributed by atoms with Crippen molar-refractivity contribution in [2.24, 2.45) is 5.92 Å². The zero-order valence-corrected chi connectivity index (χ0v) is 19.5. The molecule has 1 N–H and O–H groups in total. The number of hydrogen-bond donors (Lipinski definition) is 1. The molecule has 0 aromatic heterocycles. The molecule has 2 aromatic carbocycles. The first kappa shape index (κ1) is 23.3. The summed E-state index contributed by atoms with van der Waals surface area (Å²) in [4.78, 5) is 13.3. The Morgan fingerprint density at radius 1 is 1.19 bits per heavy atom. The number of hydrogen-bond acceptors (Lipinski definition) is 4. The van der Waals surface area contributed by atoms with Crippen LogP contribution in [0.15, 0.2) is 47.4 Å². The molecular formula is C24H32N2O4S. The third-order valence-corrected chi connectivity index (χ3v) is 7.84. The number of rotatable bonds is 7. The van der Waals surface area contributed by atoms with Gasteiger partial charge in [0.1, 0.15) is 5.75 Å². The van der Waals surface area contributed by atoms with Gasteiger partial charge in [-0.25, -0.2) is 8.42 Å². The Morgan fingerprint density at radius 2 is 1.90 bits per heavy atom. The van der Waals surface area contributed by atoms with Gasteiger partial charge in [0.15, 0.2) is 0 Å². The first-order chi connectivity index (χ1) is 14.8. The lowest BCUT2D eigenvalue weighted by Crippen LogP contribution is -2.46. The number of nitrogens with zero attached hydrogens (tertiary/aromatic N) is 1. The van der Waals surface area contributed by atoms with Crippen molar-refractivity contribution >= 4 is 15.9 Å². The average molecular weight is 445 g/mol. The molecule has 1 saturated heterocycles. The van der Waals surface area contributed by atoms with Crippen LogP contribution in [0.4, 0.5) is 0 Å². The monoisotopic (exact) mass is 444 g/mol. The lowest BCUT2D eigenvalue weighted by atomic mass is 9.96. The van der Waals surface area contributed by atoms with Crippen molar-refractivity contribution in [1.29, 1.82) is 0 Å². The largest absolute Gasteiger partial charge is 0.496 e. The van der Waals surface area contributed by atoms with Crippen LogP contribution in [0.5, 0.6) is 5.75 Å². The van der Waals surface area contributed by atoms with Gasteiger partial charge in [-0.1, -0.05) is 36.8 Å². The standard InChI is InChI=1S/C24H32N2O4S/c1-5-22(19-10-13-23(30-4)18(3)15-19)25-24(27)20-7-6-14-26(16-20)31(28,29)21-11-8-17(2)9-12-21/h8-13,15,20,22H,5-7,14,16H2,1-4H3,(H,25,27)/t20-,22-/m0/s1. The fourth-order valence-electron chi connectivity index (χ4n) is 4.06. The van der Waals surface area contributed by atoms with Crippen LogP contribution in [0.1, 0.15) is 48.9 Å². The van der Waals surface area contributed by atoms with Crippen molar-refractivity contribution in [3.63, 3.8) is 0 Å². The minimum Gasteiger partial charge on any atom is -0.496 e. The molecule has 0 bridgehead atoms. The molecule has 6 nitrogen and oxygen atoms in total. The highest BCUT2D eigenvalue weighted by Crippen LogP contribution is 2.27. The molecule has 1 aliphatic heterocycles. The molecule has 1 heterocycles. The molecule has 0 spiro atoms. The number of amides is 1. The van der Waals surface area contributed by atoms with Crippen LogP contribution in [0.3, 0.4) is 0 Å². The van der Waals surface area contributed by atoms with E-state index in [-0.39, 0.29) is 29.3 Å². The van der Waals surface area contributed by atoms with Crippen molar-refractivity contribution < 1.29 is 17.9 Å². The molecule has 1 amide bonds. The Bertz CT molecular complexity index is 1020. The molecule has 168 valence electrons. The van der Waals surface area contributed by atoms with Crippen LogP contribution in [0.25, 0.3) is 0 Å². The third-order valence-electron chi connectivity index (χ3n) is 5.96. The molecule has 31 heavy (non-hydrogen) atoms. The van der Waals surface area contributed by atoms with Gasteiger partial charge in [0.05, 0.1) is 24.0 Å². The van der Waals surface area contributed by atoms with Gasteiger partial charge < -0.3 is 10.1 Å². The van der Waals surface area contributed by atoms with Gasteiger partial charge in [0, 0.05) is 13.1 Å². The van der Waals surface area contributed by atoms with E-state index in [4.69, 9.17) is 4.74 Å². The number of methoxy groups -OCH3 is 1. The summed E-state index contributed by atoms with van der Waals surface area (Å²) >= 11 is 0. The van der Waals surface area contributed by atoms with Crippen LogP contribution in [-0.2, 0) is 14.8 Å². The van der Waals surface area contributed by atoms with Gasteiger partial charge in [-0.05, 0) is 62.4 Å². The van der Waals surface area contributed by atoms with E-state index in [0.717, 1.165) is 28.9 Å². The summed E-state index contributed by atoms with van der Waals surface area (Å²) in [5.74, 6) is 0.362. The highest BCUT2D eigenvalue weighted by Gasteiger charge is 2.34. The highest BCUT2D eigenvalue weighted by atomic mass is 32.2. The van der Waals surface area contributed by atoms with Crippen molar-refractivity contribution in [2.45, 2.75) is 51.0 Å². The molecular weight excluding hydrogens is 412 g/mol. The van der Waals surface area contributed by atoms with E-state index >= 15 is 0 Å². The van der Waals surface area contributed by atoms with E-state index in [0.29, 0.717) is 19.4 Å². The molecule has 7 heteroatoms. The Hall–Kier alpha value is -2.38. The molecule has 2 aromatic rings. The van der Waals surface area contributed by atoms with Crippen LogP contribution >= 0.6 is 0 Å². The summed E-state index contributed by atoms with van der Waals surface area (Å²) in [7, 11) is -1.97. The minimum atomic E-state index is -3.61. The summed E-state index contributed by atoms with van der Waals surface area (Å²) in [6.07, 6.45) is 2.10. The Balaban J connectivity index is 1.71. The van der Waals surface area contributed by atoms with Crippen LogP contribution in [0.2, 0.25) is 0 Å². The number of nitrogens with one attached hydrogen (secondary N) is 1. The maximum Gasteiger partial charge on any atom is 0.243 e. The van der Waals surface area contributed by atoms with Gasteiger partial charge in [-0.2, -0.15) is 4.31 Å². The Labute approximate surface area is 185 Å². The average Bonchev–Trinajstić information content (AvgIpc) is 2.77. The highest BCUT2D eigenvalue weighted by molar-refractivity contribution is 7.89. The predicted octanol–water partition coefficient (Wildman–Crippen LogP) is 3.98. The van der Waals surface area contributed by atoms with Gasteiger partial charge in [-0.15, -0.1) is 0 Å². The number of ether oxygens (including phenoxy) is 1. The number of carbonyl (C=O) groups is 1. The fourth-order valence-corrected chi connectivity index (χ4v) is 5.59. The van der Waals surface area contributed by atoms with E-state index in [1.807, 2.05) is 39.0 Å². The Kier molecular flexibility index (Phi) is 7.38. The van der Waals surface area contributed by atoms with E-state index in [2.05, 4.69) is 5.32 Å². The van der Waals surface area contributed by atoms with E-state index in [1.165, 1.54) is 4.31 Å². The third kappa shape index (κ3) is 5.28. The fraction of sp³-hybridized carbons (Fsp3) is 0.458. The number of piperidine rings is 1. The van der Waals surface area contributed by atoms with E-state index < -0.39 is 10.0 Å². The van der Waals surface area contributed by atoms with E-state index in [9.17, 15) is 13.2 Å². The Morgan fingerprint density at radius 3 is 2.52 bits per heavy atom. The second kappa shape index (κ2) is 9.83. The summed E-state index contributed by atoms with van der Waals surface area (Å²) < 4.78 is 32.9. The van der Waals surface area contributed by atoms with Crippen LogP contribution < -0.4 is 10.1 Å². The summed E-state index contributed by atoms with van der Waals surface area (Å²) in [6, 6.07) is 12.6. The van der Waals surface area contributed by atoms with Gasteiger partial charge in [-0.3, -0.25) is 4.79 Å². The second-order valence-corrected chi connectivity index (χ2v) is 10.2. The second-order valence-electron chi connectivity index (χ2n) is 8.21. The predicted molar refractivity (Wildman–Crippen MR) is 122 cm³/mol. The van der Waals surface area contributed by atoms with Crippen molar-refractivity contribution in [1.82, 2.24) is 9.62 Å². The smallest absolute Gasteiger partial charge is 0.243 e. The van der Waals surface area contributed by atoms with Gasteiger partial charge in [0.25, 0.3) is 0 Å². The number of aryl methyl sites for hydroxylation is 2. The normalized spacial score (nSPS) is 18.4. The first-order valence-corrected chi connectivity index (χ1v) is 12.2. The van der Waals surface area contributed by atoms with Gasteiger partial charge >= 0.3 is 0 Å². The molecule has 3 rings (SSSR count). The molecule has 0 saturated carbocycles. The molecule has 0 radical (unpaired) electrons. The quantitative estimate of drug-likeness (QED) is 0.701. The SMILES string of the molecule is CC[C@H](NC(=O)[C@H]1CCCN(S(=O)(=O)c2ccc(C)cc2)C1)c1ccc(OC)c(C)c1. The zero-order valence-electron chi connectivity index (χ0n) is 18.7. The molecule has 0 aliphatic carbocycles. The van der Waals surface area contributed by atoms with E-state index in [1.54, 1.807) is 31.4 Å². The van der Waals surface area contributed by atoms with Crippen molar-refractivity contribution in [3.8, 4) is 5.75 Å². The first-order valence-electron chi connectivity index (χ1n) is 10.8. The van der Waals surface area contributed by atoms with Crippen LogP contribution in [-0.4, -0.2) is 38.8 Å². The lowest BCUT2D eigenvalue weighted by molar-refractivity contribution is -0.126. The topological polar surface area (TPSA) is 75.7 Å². The number of carbonyl (C=O) groups excluding carboxylic acids is 1. The molecule has 1 aliphatic rings. The summed E-state index contributed by atoms with van der Waals surface area (Å²) in [5, 5.41) is 3.14. The lowest BCUT2D eigenvalue weighted by Gasteiger charge is -2.32. The molecule has 1 fully saturated rings. The zero-order chi connectivity index (χ0) is 22.6. The van der Waals surface area contributed by atoms with Gasteiger partial charge in [0.2, 0.25) is 15.9 Å². The molecule has 0 unspecified atom stereocenters. The number of sulfonamides is 1. The van der Waals surface area contributed by atoms with Crippen molar-refractivity contribution in [2.75, 3.05) is 20.2 Å². The maximum absolute atomic E-state index is 13.0. The number of benzene rings is 2. The van der Waals surface area contributed by atoms with Crippen LogP contribution in [0, 0.1) is 19.8 Å². The summed E-state index contributed by atoms with van der Waals surface area (Å²) in [6.45, 7) is 6.58. The molecule has 2 atom stereocenters. The van der Waals surface area contributed by atoms with Crippen molar-refractivity contribution in [3.05, 3.63) is 59.2 Å². The summed E-state index contributed by atoms with van der Waals surface area (Å²) in [5.41, 5.74) is 3.05.